The van der Waals surface area contributed by atoms with Crippen LogP contribution in [0.15, 0.2) is 12.1 Å². The molecular formula is C15H15ClF7NO2. The van der Waals surface area contributed by atoms with E-state index in [2.05, 4.69) is 4.74 Å². The summed E-state index contributed by atoms with van der Waals surface area (Å²) >= 11 is 5.52. The van der Waals surface area contributed by atoms with Gasteiger partial charge in [-0.25, -0.2) is 9.18 Å². The van der Waals surface area contributed by atoms with Crippen molar-refractivity contribution in [3.8, 4) is 0 Å². The Labute approximate surface area is 149 Å². The van der Waals surface area contributed by atoms with Crippen molar-refractivity contribution in [3.05, 3.63) is 28.8 Å². The number of alkyl halides is 8. The Morgan fingerprint density at radius 3 is 2.08 bits per heavy atom. The van der Waals surface area contributed by atoms with Gasteiger partial charge in [-0.3, -0.25) is 0 Å². The summed E-state index contributed by atoms with van der Waals surface area (Å²) in [6.45, 7) is 1.44. The number of hydrogen-bond donors (Lipinski definition) is 1. The molecule has 11 heteroatoms. The minimum atomic E-state index is -6.39. The zero-order chi connectivity index (χ0) is 20.3. The van der Waals surface area contributed by atoms with Gasteiger partial charge in [-0.15, -0.1) is 11.6 Å². The fourth-order valence-corrected chi connectivity index (χ4v) is 2.46. The van der Waals surface area contributed by atoms with Crippen LogP contribution in [0, 0.1) is 0 Å². The molecule has 0 saturated heterocycles. The van der Waals surface area contributed by atoms with E-state index in [1.807, 2.05) is 0 Å². The van der Waals surface area contributed by atoms with E-state index >= 15 is 0 Å². The number of nitrogens with two attached hydrogens (primary N) is 1. The zero-order valence-corrected chi connectivity index (χ0v) is 14.2. The van der Waals surface area contributed by atoms with Gasteiger partial charge < -0.3 is 10.5 Å². The molecular weight excluding hydrogens is 395 g/mol. The number of carbonyl (C=O) groups excluding carboxylic acids is 1. The Morgan fingerprint density at radius 1 is 1.12 bits per heavy atom. The van der Waals surface area contributed by atoms with Gasteiger partial charge in [0.05, 0.1) is 18.1 Å². The van der Waals surface area contributed by atoms with Gasteiger partial charge in [0.1, 0.15) is 0 Å². The fraction of sp³-hybridized carbons (Fsp3) is 0.533. The Kier molecular flexibility index (Phi) is 6.78. The highest BCUT2D eigenvalue weighted by Crippen LogP contribution is 2.54. The van der Waals surface area contributed by atoms with Gasteiger partial charge in [0, 0.05) is 16.8 Å². The van der Waals surface area contributed by atoms with Crippen LogP contribution in [0.5, 0.6) is 0 Å². The summed E-state index contributed by atoms with van der Waals surface area (Å²) < 4.78 is 97.5. The number of halogens is 8. The fourth-order valence-electron chi connectivity index (χ4n) is 2.18. The highest BCUT2D eigenvalue weighted by Gasteiger charge is 2.74. The van der Waals surface area contributed by atoms with Gasteiger partial charge in [0.25, 0.3) is 0 Å². The first-order valence-electron chi connectivity index (χ1n) is 7.30. The minimum Gasteiger partial charge on any atom is -0.462 e. The van der Waals surface area contributed by atoms with Crippen LogP contribution < -0.4 is 5.73 Å². The van der Waals surface area contributed by atoms with Crippen molar-refractivity contribution in [3.63, 3.8) is 0 Å². The third-order valence-electron chi connectivity index (χ3n) is 3.57. The van der Waals surface area contributed by atoms with E-state index in [1.165, 1.54) is 0 Å². The summed E-state index contributed by atoms with van der Waals surface area (Å²) in [7, 11) is 0. The number of anilines is 1. The molecule has 0 heterocycles. The Bertz CT molecular complexity index is 645. The molecule has 0 atom stereocenters. The quantitative estimate of drug-likeness (QED) is 0.229. The molecule has 0 aliphatic heterocycles. The van der Waals surface area contributed by atoms with E-state index in [1.54, 1.807) is 6.92 Å². The lowest BCUT2D eigenvalue weighted by atomic mass is 9.87. The number of carbonyl (C=O) groups is 1. The van der Waals surface area contributed by atoms with E-state index in [9.17, 15) is 35.5 Å². The Balaban J connectivity index is 3.73. The monoisotopic (exact) mass is 409 g/mol. The van der Waals surface area contributed by atoms with Crippen LogP contribution in [-0.2, 0) is 16.3 Å². The zero-order valence-electron chi connectivity index (χ0n) is 13.4. The normalized spacial score (nSPS) is 13.0. The lowest BCUT2D eigenvalue weighted by molar-refractivity contribution is -0.348. The van der Waals surface area contributed by atoms with Crippen molar-refractivity contribution in [1.29, 1.82) is 0 Å². The molecule has 0 saturated carbocycles. The Morgan fingerprint density at radius 2 is 1.65 bits per heavy atom. The molecule has 0 aliphatic rings. The smallest absolute Gasteiger partial charge is 0.435 e. The van der Waals surface area contributed by atoms with Crippen molar-refractivity contribution in [2.75, 3.05) is 12.3 Å². The molecule has 0 spiro atoms. The number of hydrogen-bond acceptors (Lipinski definition) is 3. The maximum Gasteiger partial charge on any atom is 0.435 e. The summed E-state index contributed by atoms with van der Waals surface area (Å²) in [4.78, 5) is 12.1. The van der Waals surface area contributed by atoms with Crippen LogP contribution in [0.2, 0.25) is 0 Å². The van der Waals surface area contributed by atoms with Crippen LogP contribution in [0.1, 0.15) is 41.3 Å². The van der Waals surface area contributed by atoms with Crippen molar-refractivity contribution in [2.45, 2.75) is 43.7 Å². The molecule has 148 valence electrons. The summed E-state index contributed by atoms with van der Waals surface area (Å²) in [5, 5.41) is 0. The van der Waals surface area contributed by atoms with Gasteiger partial charge in [-0.2, -0.15) is 26.3 Å². The average molecular weight is 410 g/mol. The van der Waals surface area contributed by atoms with Gasteiger partial charge in [0.15, 0.2) is 0 Å². The van der Waals surface area contributed by atoms with Crippen LogP contribution in [0.3, 0.4) is 0 Å². The third-order valence-corrected chi connectivity index (χ3v) is 3.84. The number of rotatable bonds is 6. The summed E-state index contributed by atoms with van der Waals surface area (Å²) in [5.41, 5.74) is -4.48. The molecule has 0 bridgehead atoms. The molecule has 3 nitrogen and oxygen atoms in total. The third kappa shape index (κ3) is 3.99. The first kappa shape index (κ1) is 22.3. The highest BCUT2D eigenvalue weighted by molar-refractivity contribution is 6.18. The van der Waals surface area contributed by atoms with E-state index in [-0.39, 0.29) is 18.4 Å². The molecule has 1 aromatic carbocycles. The van der Waals surface area contributed by atoms with Crippen LogP contribution in [-0.4, -0.2) is 24.9 Å². The van der Waals surface area contributed by atoms with Gasteiger partial charge >= 0.3 is 24.0 Å². The highest BCUT2D eigenvalue weighted by atomic mass is 35.5. The predicted octanol–water partition coefficient (Wildman–Crippen LogP) is 5.25. The van der Waals surface area contributed by atoms with Crippen molar-refractivity contribution < 1.29 is 40.3 Å². The largest absolute Gasteiger partial charge is 0.462 e. The first-order valence-corrected chi connectivity index (χ1v) is 7.83. The maximum atomic E-state index is 14.5. The number of esters is 1. The lowest BCUT2D eigenvalue weighted by Crippen LogP contribution is -2.51. The number of benzene rings is 1. The van der Waals surface area contributed by atoms with Crippen LogP contribution >= 0.6 is 11.6 Å². The number of unbranched alkanes of at least 4 members (excludes halogenated alkanes) is 1. The molecule has 0 amide bonds. The lowest BCUT2D eigenvalue weighted by Gasteiger charge is -2.32. The summed E-state index contributed by atoms with van der Waals surface area (Å²) in [5.74, 6) is -2.28. The molecule has 0 aromatic heterocycles. The second-order valence-corrected chi connectivity index (χ2v) is 5.60. The van der Waals surface area contributed by atoms with Gasteiger partial charge in [0.2, 0.25) is 0 Å². The van der Waals surface area contributed by atoms with E-state index in [0.29, 0.717) is 18.9 Å². The van der Waals surface area contributed by atoms with Crippen molar-refractivity contribution in [1.82, 2.24) is 0 Å². The first-order chi connectivity index (χ1) is 11.8. The molecule has 1 rings (SSSR count). The number of ether oxygens (including phenoxy) is 1. The Hall–Kier alpha value is -1.71. The van der Waals surface area contributed by atoms with Crippen molar-refractivity contribution >= 4 is 23.3 Å². The number of nitrogen functional groups attached to an aromatic ring is 1. The summed E-state index contributed by atoms with van der Waals surface area (Å²) in [6.07, 6.45) is -11.9. The summed E-state index contributed by atoms with van der Waals surface area (Å²) in [6, 6.07) is 0.796. The molecule has 1 aromatic rings. The van der Waals surface area contributed by atoms with Gasteiger partial charge in [-0.05, 0) is 12.5 Å². The van der Waals surface area contributed by atoms with E-state index < -0.39 is 46.6 Å². The standard InChI is InChI=1S/C15H15ClF7NO2/c1-2-3-6-26-12(25)11-8(7-16)10(24)5-4-9(11)13(17,14(18,19)20)15(21,22)23/h4-5H,2-3,6-7,24H2,1H3. The average Bonchev–Trinajstić information content (AvgIpc) is 2.51. The van der Waals surface area contributed by atoms with E-state index in [4.69, 9.17) is 17.3 Å². The molecule has 0 radical (unpaired) electrons. The predicted molar refractivity (Wildman–Crippen MR) is 80.5 cm³/mol. The van der Waals surface area contributed by atoms with E-state index in [0.717, 1.165) is 0 Å². The SMILES string of the molecule is CCCCOC(=O)c1c(C(F)(C(F)(F)F)C(F)(F)F)ccc(N)c1CCl. The molecule has 0 fully saturated rings. The maximum absolute atomic E-state index is 14.5. The van der Waals surface area contributed by atoms with Gasteiger partial charge in [-0.1, -0.05) is 19.4 Å². The molecule has 0 aliphatic carbocycles. The van der Waals surface area contributed by atoms with Crippen LogP contribution in [0.4, 0.5) is 36.4 Å². The van der Waals surface area contributed by atoms with Crippen LogP contribution in [0.25, 0.3) is 0 Å². The topological polar surface area (TPSA) is 52.3 Å². The molecule has 0 unspecified atom stereocenters. The second kappa shape index (κ2) is 7.89. The minimum absolute atomic E-state index is 0.169. The molecule has 2 N–H and O–H groups in total. The molecule has 26 heavy (non-hydrogen) atoms. The van der Waals surface area contributed by atoms with Crippen molar-refractivity contribution in [2.24, 2.45) is 0 Å². The second-order valence-electron chi connectivity index (χ2n) is 5.33.